The molecule has 0 radical (unpaired) electrons. The predicted molar refractivity (Wildman–Crippen MR) is 67.6 cm³/mol. The van der Waals surface area contributed by atoms with Crippen LogP contribution in [0, 0.1) is 5.92 Å². The number of hydrogen-bond acceptors (Lipinski definition) is 3. The number of ether oxygens (including phenoxy) is 1. The molecule has 8 heteroatoms. The molecule has 1 fully saturated rings. The molecule has 122 valence electrons. The lowest BCUT2D eigenvalue weighted by Gasteiger charge is -2.34. The summed E-state index contributed by atoms with van der Waals surface area (Å²) in [4.78, 5) is 24.0. The summed E-state index contributed by atoms with van der Waals surface area (Å²) in [5.74, 6) is -1.28. The highest BCUT2D eigenvalue weighted by molar-refractivity contribution is 5.80. The van der Waals surface area contributed by atoms with Crippen LogP contribution in [0.1, 0.15) is 32.6 Å². The maximum Gasteiger partial charge on any atom is 0.411 e. The quantitative estimate of drug-likeness (QED) is 0.815. The average Bonchev–Trinajstić information content (AvgIpc) is 2.41. The molecule has 0 spiro atoms. The van der Waals surface area contributed by atoms with E-state index in [-0.39, 0.29) is 12.3 Å². The lowest BCUT2D eigenvalue weighted by molar-refractivity contribution is -0.189. The predicted octanol–water partition coefficient (Wildman–Crippen LogP) is 2.06. The molecule has 1 rings (SSSR count). The van der Waals surface area contributed by atoms with E-state index in [1.807, 2.05) is 0 Å². The van der Waals surface area contributed by atoms with Crippen LogP contribution in [0.4, 0.5) is 13.2 Å². The lowest BCUT2D eigenvalue weighted by atomic mass is 9.93. The molecule has 0 saturated carbocycles. The Morgan fingerprint density at radius 3 is 2.67 bits per heavy atom. The Bertz CT molecular complexity index is 373. The number of amides is 1. The van der Waals surface area contributed by atoms with Gasteiger partial charge < -0.3 is 14.7 Å². The fraction of sp³-hybridized carbons (Fsp3) is 0.846. The van der Waals surface area contributed by atoms with Gasteiger partial charge in [-0.3, -0.25) is 9.59 Å². The molecule has 21 heavy (non-hydrogen) atoms. The summed E-state index contributed by atoms with van der Waals surface area (Å²) >= 11 is 0. The molecule has 0 aliphatic carbocycles. The molecule has 2 unspecified atom stereocenters. The van der Waals surface area contributed by atoms with E-state index in [0.717, 1.165) is 12.8 Å². The molecule has 1 N–H and O–H groups in total. The summed E-state index contributed by atoms with van der Waals surface area (Å²) in [6.45, 7) is 0.707. The van der Waals surface area contributed by atoms with Gasteiger partial charge in [0.1, 0.15) is 12.7 Å². The summed E-state index contributed by atoms with van der Waals surface area (Å²) in [7, 11) is 0. The molecular weight excluding hydrogens is 291 g/mol. The fourth-order valence-corrected chi connectivity index (χ4v) is 2.38. The summed E-state index contributed by atoms with van der Waals surface area (Å²) in [6, 6.07) is 0. The van der Waals surface area contributed by atoms with Crippen LogP contribution in [0.3, 0.4) is 0 Å². The van der Waals surface area contributed by atoms with Gasteiger partial charge >= 0.3 is 12.1 Å². The zero-order chi connectivity index (χ0) is 16.0. The Balaban J connectivity index is 2.43. The molecular formula is C13H20F3NO4. The maximum atomic E-state index is 12.1. The number of hydrogen-bond donors (Lipinski definition) is 1. The van der Waals surface area contributed by atoms with Crippen LogP contribution in [-0.4, -0.2) is 53.9 Å². The minimum Gasteiger partial charge on any atom is -0.481 e. The number of carbonyl (C=O) groups excluding carboxylic acids is 1. The molecule has 5 nitrogen and oxygen atoms in total. The van der Waals surface area contributed by atoms with Gasteiger partial charge in [-0.2, -0.15) is 13.2 Å². The van der Waals surface area contributed by atoms with Gasteiger partial charge in [-0.05, 0) is 32.1 Å². The van der Waals surface area contributed by atoms with E-state index in [0.29, 0.717) is 19.5 Å². The maximum absolute atomic E-state index is 12.1. The van der Waals surface area contributed by atoms with Crippen molar-refractivity contribution in [3.8, 4) is 0 Å². The molecule has 0 aromatic rings. The number of piperidine rings is 1. The highest BCUT2D eigenvalue weighted by Gasteiger charge is 2.32. The largest absolute Gasteiger partial charge is 0.481 e. The molecule has 2 atom stereocenters. The third kappa shape index (κ3) is 6.79. The monoisotopic (exact) mass is 311 g/mol. The Kier molecular flexibility index (Phi) is 6.44. The van der Waals surface area contributed by atoms with E-state index in [1.165, 1.54) is 11.8 Å². The number of halogens is 3. The van der Waals surface area contributed by atoms with Gasteiger partial charge in [-0.1, -0.05) is 0 Å². The summed E-state index contributed by atoms with van der Waals surface area (Å²) in [6.07, 6.45) is -3.55. The molecule has 1 aliphatic heterocycles. The van der Waals surface area contributed by atoms with Crippen LogP contribution in [-0.2, 0) is 14.3 Å². The number of likely N-dealkylation sites (tertiary alicyclic amines) is 1. The van der Waals surface area contributed by atoms with Gasteiger partial charge in [0.05, 0.1) is 0 Å². The molecule has 0 aromatic heterocycles. The van der Waals surface area contributed by atoms with Crippen LogP contribution >= 0.6 is 0 Å². The minimum absolute atomic E-state index is 0.0345. The van der Waals surface area contributed by atoms with Gasteiger partial charge in [0.15, 0.2) is 0 Å². The smallest absolute Gasteiger partial charge is 0.411 e. The molecule has 1 heterocycles. The SMILES string of the molecule is CC(OCC(F)(F)F)C(=O)N1CCCC(CCC(=O)O)C1. The van der Waals surface area contributed by atoms with Gasteiger partial charge in [-0.25, -0.2) is 0 Å². The first-order valence-electron chi connectivity index (χ1n) is 6.88. The van der Waals surface area contributed by atoms with Crippen LogP contribution in [0.5, 0.6) is 0 Å². The van der Waals surface area contributed by atoms with Gasteiger partial charge in [-0.15, -0.1) is 0 Å². The van der Waals surface area contributed by atoms with Crippen molar-refractivity contribution in [3.05, 3.63) is 0 Å². The van der Waals surface area contributed by atoms with Crippen LogP contribution in [0.2, 0.25) is 0 Å². The number of carbonyl (C=O) groups is 2. The van der Waals surface area contributed by atoms with E-state index in [4.69, 9.17) is 5.11 Å². The third-order valence-electron chi connectivity index (χ3n) is 3.44. The van der Waals surface area contributed by atoms with Crippen molar-refractivity contribution >= 4 is 11.9 Å². The van der Waals surface area contributed by atoms with Crippen molar-refractivity contribution < 1.29 is 32.6 Å². The van der Waals surface area contributed by atoms with E-state index in [1.54, 1.807) is 0 Å². The molecule has 1 aliphatic rings. The number of rotatable bonds is 6. The Morgan fingerprint density at radius 2 is 2.10 bits per heavy atom. The fourth-order valence-electron chi connectivity index (χ4n) is 2.38. The molecule has 1 saturated heterocycles. The van der Waals surface area contributed by atoms with Crippen LogP contribution < -0.4 is 0 Å². The Hall–Kier alpha value is -1.31. The molecule has 0 aromatic carbocycles. The lowest BCUT2D eigenvalue weighted by Crippen LogP contribution is -2.45. The van der Waals surface area contributed by atoms with Crippen molar-refractivity contribution in [1.82, 2.24) is 4.90 Å². The van der Waals surface area contributed by atoms with Crippen molar-refractivity contribution in [1.29, 1.82) is 0 Å². The summed E-state index contributed by atoms with van der Waals surface area (Å²) in [5.41, 5.74) is 0. The number of aliphatic carboxylic acids is 1. The van der Waals surface area contributed by atoms with Crippen molar-refractivity contribution in [2.24, 2.45) is 5.92 Å². The first-order chi connectivity index (χ1) is 9.69. The number of carboxylic acid groups (broad SMARTS) is 1. The first kappa shape index (κ1) is 17.7. The first-order valence-corrected chi connectivity index (χ1v) is 6.88. The highest BCUT2D eigenvalue weighted by atomic mass is 19.4. The van der Waals surface area contributed by atoms with E-state index in [2.05, 4.69) is 4.74 Å². The second kappa shape index (κ2) is 7.63. The number of alkyl halides is 3. The van der Waals surface area contributed by atoms with E-state index < -0.39 is 30.8 Å². The summed E-state index contributed by atoms with van der Waals surface area (Å²) in [5, 5.41) is 8.65. The highest BCUT2D eigenvalue weighted by Crippen LogP contribution is 2.22. The average molecular weight is 311 g/mol. The van der Waals surface area contributed by atoms with Crippen LogP contribution in [0.25, 0.3) is 0 Å². The van der Waals surface area contributed by atoms with Gasteiger partial charge in [0, 0.05) is 19.5 Å². The zero-order valence-corrected chi connectivity index (χ0v) is 11.9. The van der Waals surface area contributed by atoms with E-state index >= 15 is 0 Å². The topological polar surface area (TPSA) is 66.8 Å². The standard InChI is InChI=1S/C13H20F3NO4/c1-9(21-8-13(14,15)16)12(20)17-6-2-3-10(7-17)4-5-11(18)19/h9-10H,2-8H2,1H3,(H,18,19). The molecule has 0 bridgehead atoms. The van der Waals surface area contributed by atoms with Crippen molar-refractivity contribution in [3.63, 3.8) is 0 Å². The van der Waals surface area contributed by atoms with Gasteiger partial charge in [0.2, 0.25) is 0 Å². The minimum atomic E-state index is -4.46. The Labute approximate surface area is 121 Å². The van der Waals surface area contributed by atoms with Crippen molar-refractivity contribution in [2.45, 2.75) is 44.9 Å². The third-order valence-corrected chi connectivity index (χ3v) is 3.44. The van der Waals surface area contributed by atoms with E-state index in [9.17, 15) is 22.8 Å². The zero-order valence-electron chi connectivity index (χ0n) is 11.9. The van der Waals surface area contributed by atoms with Crippen LogP contribution in [0.15, 0.2) is 0 Å². The number of carboxylic acids is 1. The van der Waals surface area contributed by atoms with Crippen molar-refractivity contribution in [2.75, 3.05) is 19.7 Å². The second-order valence-electron chi connectivity index (χ2n) is 5.29. The van der Waals surface area contributed by atoms with Gasteiger partial charge in [0.25, 0.3) is 5.91 Å². The molecule has 1 amide bonds. The normalized spacial score (nSPS) is 21.1. The summed E-state index contributed by atoms with van der Waals surface area (Å²) < 4.78 is 40.7. The number of nitrogens with zero attached hydrogens (tertiary/aromatic N) is 1. The Morgan fingerprint density at radius 1 is 1.43 bits per heavy atom. The second-order valence-corrected chi connectivity index (χ2v) is 5.29.